The largest absolute Gasteiger partial charge is 1.00 e. The summed E-state index contributed by atoms with van der Waals surface area (Å²) in [6.07, 6.45) is 0. The number of carboxylic acid groups (broad SMARTS) is 1. The van der Waals surface area contributed by atoms with E-state index in [4.69, 9.17) is 4.74 Å². The van der Waals surface area contributed by atoms with Gasteiger partial charge in [0, 0.05) is 0 Å². The molecule has 0 bridgehead atoms. The Morgan fingerprint density at radius 2 is 1.92 bits per heavy atom. The first-order valence-electron chi connectivity index (χ1n) is 3.58. The van der Waals surface area contributed by atoms with Crippen molar-refractivity contribution in [2.45, 2.75) is 6.92 Å². The number of carboxylic acids is 1. The van der Waals surface area contributed by atoms with E-state index in [1.165, 1.54) is 0 Å². The van der Waals surface area contributed by atoms with Gasteiger partial charge in [-0.2, -0.15) is 0 Å². The molecule has 0 spiro atoms. The summed E-state index contributed by atoms with van der Waals surface area (Å²) in [5.41, 5.74) is 1.11. The van der Waals surface area contributed by atoms with Crippen LogP contribution in [-0.4, -0.2) is 12.6 Å². The Balaban J connectivity index is 0.00000144. The molecule has 0 amide bonds. The van der Waals surface area contributed by atoms with E-state index >= 15 is 0 Å². The second-order valence-corrected chi connectivity index (χ2v) is 2.47. The second-order valence-electron chi connectivity index (χ2n) is 2.47. The number of carbonyl (C=O) groups is 1. The van der Waals surface area contributed by atoms with E-state index in [0.717, 1.165) is 5.56 Å². The number of hydrogen-bond donors (Lipinski definition) is 0. The molecule has 0 saturated heterocycles. The van der Waals surface area contributed by atoms with Crippen molar-refractivity contribution in [3.8, 4) is 5.75 Å². The summed E-state index contributed by atoms with van der Waals surface area (Å²) in [6.45, 7) is 1.55. The zero-order valence-corrected chi connectivity index (χ0v) is 7.74. The maximum Gasteiger partial charge on any atom is 1.00 e. The Bertz CT molecular complexity index is 269. The monoisotopic (exact) mass is 172 g/mol. The van der Waals surface area contributed by atoms with Crippen LogP contribution in [0.3, 0.4) is 0 Å². The predicted octanol–water partition coefficient (Wildman–Crippen LogP) is -2.87. The molecule has 0 aromatic heterocycles. The third kappa shape index (κ3) is 4.61. The molecule has 0 saturated carbocycles. The molecule has 1 aromatic carbocycles. The standard InChI is InChI=1S/C9H10O3.Li/c1-7-2-4-8(5-3-7)12-6-9(10)11;/h2-5H,6H2,1H3,(H,10,11);/q;+1/p-1. The number of hydrogen-bond acceptors (Lipinski definition) is 3. The average molecular weight is 172 g/mol. The van der Waals surface area contributed by atoms with Crippen LogP contribution in [0.2, 0.25) is 0 Å². The van der Waals surface area contributed by atoms with Gasteiger partial charge >= 0.3 is 18.9 Å². The van der Waals surface area contributed by atoms with Gasteiger partial charge in [-0.25, -0.2) is 0 Å². The average Bonchev–Trinajstić information content (AvgIpc) is 2.03. The molecule has 1 rings (SSSR count). The van der Waals surface area contributed by atoms with E-state index in [1.54, 1.807) is 12.1 Å². The van der Waals surface area contributed by atoms with Crippen LogP contribution in [0.25, 0.3) is 0 Å². The number of aliphatic carboxylic acids is 1. The van der Waals surface area contributed by atoms with Crippen LogP contribution in [0.15, 0.2) is 24.3 Å². The zero-order chi connectivity index (χ0) is 8.97. The van der Waals surface area contributed by atoms with Crippen molar-refractivity contribution < 1.29 is 33.5 Å². The molecule has 0 atom stereocenters. The van der Waals surface area contributed by atoms with Crippen LogP contribution in [-0.2, 0) is 4.79 Å². The van der Waals surface area contributed by atoms with Gasteiger partial charge in [-0.15, -0.1) is 0 Å². The number of ether oxygens (including phenoxy) is 1. The van der Waals surface area contributed by atoms with Gasteiger partial charge in [-0.3, -0.25) is 0 Å². The summed E-state index contributed by atoms with van der Waals surface area (Å²) in [4.78, 5) is 10.0. The van der Waals surface area contributed by atoms with Gasteiger partial charge in [-0.1, -0.05) is 17.7 Å². The summed E-state index contributed by atoms with van der Waals surface area (Å²) >= 11 is 0. The maximum absolute atomic E-state index is 10.0. The molecule has 1 aromatic rings. The Morgan fingerprint density at radius 3 is 2.38 bits per heavy atom. The van der Waals surface area contributed by atoms with E-state index in [-0.39, 0.29) is 18.9 Å². The molecule has 0 heterocycles. The molecule has 4 heteroatoms. The summed E-state index contributed by atoms with van der Waals surface area (Å²) in [7, 11) is 0. The van der Waals surface area contributed by atoms with Crippen LogP contribution < -0.4 is 28.7 Å². The molecule has 0 aliphatic carbocycles. The van der Waals surface area contributed by atoms with E-state index in [2.05, 4.69) is 0 Å². The summed E-state index contributed by atoms with van der Waals surface area (Å²) in [6, 6.07) is 7.14. The summed E-state index contributed by atoms with van der Waals surface area (Å²) in [5.74, 6) is -0.666. The molecule has 64 valence electrons. The zero-order valence-electron chi connectivity index (χ0n) is 7.74. The molecular formula is C9H9LiO3. The minimum Gasteiger partial charge on any atom is -0.546 e. The first-order chi connectivity index (χ1) is 5.68. The fraction of sp³-hybridized carbons (Fsp3) is 0.222. The van der Waals surface area contributed by atoms with Crippen LogP contribution >= 0.6 is 0 Å². The number of aryl methyl sites for hydroxylation is 1. The second kappa shape index (κ2) is 5.68. The molecule has 13 heavy (non-hydrogen) atoms. The SMILES string of the molecule is Cc1ccc(OCC(=O)[O-])cc1.[Li+]. The van der Waals surface area contributed by atoms with Gasteiger partial charge in [0.1, 0.15) is 12.4 Å². The molecule has 0 radical (unpaired) electrons. The Kier molecular flexibility index (Phi) is 5.29. The Hall–Kier alpha value is -0.913. The van der Waals surface area contributed by atoms with E-state index in [1.807, 2.05) is 19.1 Å². The fourth-order valence-electron chi connectivity index (χ4n) is 0.777. The van der Waals surface area contributed by atoms with E-state index < -0.39 is 12.6 Å². The van der Waals surface area contributed by atoms with E-state index in [0.29, 0.717) is 5.75 Å². The van der Waals surface area contributed by atoms with E-state index in [9.17, 15) is 9.90 Å². The molecular weight excluding hydrogens is 163 g/mol. The first-order valence-corrected chi connectivity index (χ1v) is 3.58. The van der Waals surface area contributed by atoms with Crippen molar-refractivity contribution in [1.82, 2.24) is 0 Å². The number of benzene rings is 1. The smallest absolute Gasteiger partial charge is 0.546 e. The normalized spacial score (nSPS) is 8.69. The summed E-state index contributed by atoms with van der Waals surface area (Å²) in [5, 5.41) is 10.0. The van der Waals surface area contributed by atoms with Crippen LogP contribution in [0.1, 0.15) is 5.56 Å². The van der Waals surface area contributed by atoms with Crippen molar-refractivity contribution in [2.24, 2.45) is 0 Å². The Labute approximate surface area is 88.9 Å². The summed E-state index contributed by atoms with van der Waals surface area (Å²) < 4.78 is 4.86. The predicted molar refractivity (Wildman–Crippen MR) is 41.7 cm³/mol. The van der Waals surface area contributed by atoms with Crippen molar-refractivity contribution in [1.29, 1.82) is 0 Å². The quantitative estimate of drug-likeness (QED) is 0.460. The van der Waals surface area contributed by atoms with Crippen molar-refractivity contribution in [2.75, 3.05) is 6.61 Å². The van der Waals surface area contributed by atoms with Gasteiger partial charge in [-0.05, 0) is 19.1 Å². The topological polar surface area (TPSA) is 49.4 Å². The third-order valence-corrected chi connectivity index (χ3v) is 1.38. The molecule has 0 aliphatic heterocycles. The first kappa shape index (κ1) is 12.1. The third-order valence-electron chi connectivity index (χ3n) is 1.38. The molecule has 3 nitrogen and oxygen atoms in total. The van der Waals surface area contributed by atoms with Crippen molar-refractivity contribution in [3.05, 3.63) is 29.8 Å². The minimum absolute atomic E-state index is 0. The molecule has 0 fully saturated rings. The van der Waals surface area contributed by atoms with Crippen LogP contribution in [0.4, 0.5) is 0 Å². The Morgan fingerprint density at radius 1 is 1.38 bits per heavy atom. The van der Waals surface area contributed by atoms with Crippen LogP contribution in [0, 0.1) is 6.92 Å². The molecule has 0 aliphatic rings. The fourth-order valence-corrected chi connectivity index (χ4v) is 0.777. The number of carbonyl (C=O) groups excluding carboxylic acids is 1. The maximum atomic E-state index is 10.0. The molecule has 0 N–H and O–H groups in total. The van der Waals surface area contributed by atoms with Crippen LogP contribution in [0.5, 0.6) is 5.75 Å². The minimum atomic E-state index is -1.21. The van der Waals surface area contributed by atoms with Gasteiger partial charge < -0.3 is 14.6 Å². The van der Waals surface area contributed by atoms with Gasteiger partial charge in [0.05, 0.1) is 5.97 Å². The van der Waals surface area contributed by atoms with Crippen molar-refractivity contribution >= 4 is 5.97 Å². The van der Waals surface area contributed by atoms with Gasteiger partial charge in [0.15, 0.2) is 0 Å². The van der Waals surface area contributed by atoms with Crippen molar-refractivity contribution in [3.63, 3.8) is 0 Å². The number of rotatable bonds is 3. The molecule has 0 unspecified atom stereocenters. The van der Waals surface area contributed by atoms with Gasteiger partial charge in [0.2, 0.25) is 0 Å². The van der Waals surface area contributed by atoms with Gasteiger partial charge in [0.25, 0.3) is 0 Å².